The molecule has 6 N–H and O–H groups in total. The number of carbonyl (C=O) groups is 2. The van der Waals surface area contributed by atoms with Gasteiger partial charge in [0.1, 0.15) is 12.2 Å². The van der Waals surface area contributed by atoms with Gasteiger partial charge in [0.25, 0.3) is 5.79 Å². The number of hydrogen-bond donors (Lipinski definition) is 5. The normalized spacial score (nSPS) is 25.6. The minimum atomic E-state index is -2.07. The molecule has 0 aromatic heterocycles. The fraction of sp³-hybridized carbons (Fsp3) is 0.440. The first kappa shape index (κ1) is 28.0. The van der Waals surface area contributed by atoms with Crippen LogP contribution in [0.4, 0.5) is 0 Å². The predicted octanol–water partition coefficient (Wildman–Crippen LogP) is 0.284. The summed E-state index contributed by atoms with van der Waals surface area (Å²) >= 11 is 5.84. The smallest absolute Gasteiger partial charge is 0.366 e. The van der Waals surface area contributed by atoms with E-state index in [0.29, 0.717) is 10.6 Å². The van der Waals surface area contributed by atoms with Crippen molar-refractivity contribution in [1.82, 2.24) is 5.32 Å². The van der Waals surface area contributed by atoms with Gasteiger partial charge in [0.2, 0.25) is 5.91 Å². The highest BCUT2D eigenvalue weighted by Gasteiger charge is 2.55. The lowest BCUT2D eigenvalue weighted by Crippen LogP contribution is -2.66. The summed E-state index contributed by atoms with van der Waals surface area (Å²) in [5, 5.41) is 35.0. The molecule has 2 aromatic rings. The highest BCUT2D eigenvalue weighted by Crippen LogP contribution is 2.34. The maximum Gasteiger partial charge on any atom is 0.366 e. The number of nitrogens with one attached hydrogen (secondary N) is 1. The van der Waals surface area contributed by atoms with E-state index in [1.54, 1.807) is 48.5 Å². The molecule has 1 heterocycles. The van der Waals surface area contributed by atoms with Gasteiger partial charge >= 0.3 is 5.97 Å². The first-order chi connectivity index (χ1) is 17.1. The van der Waals surface area contributed by atoms with Gasteiger partial charge in [-0.05, 0) is 23.3 Å². The van der Waals surface area contributed by atoms with Crippen molar-refractivity contribution in [2.24, 2.45) is 5.73 Å². The number of ether oxygens (including phenoxy) is 3. The quantitative estimate of drug-likeness (QED) is 0.276. The molecule has 1 fully saturated rings. The summed E-state index contributed by atoms with van der Waals surface area (Å²) in [6.07, 6.45) is -6.23. The summed E-state index contributed by atoms with van der Waals surface area (Å²) in [5.41, 5.74) is 7.49. The molecule has 1 saturated heterocycles. The van der Waals surface area contributed by atoms with Gasteiger partial charge < -0.3 is 40.6 Å². The van der Waals surface area contributed by atoms with Crippen LogP contribution in [0.15, 0.2) is 54.6 Å². The Labute approximate surface area is 213 Å². The zero-order valence-corrected chi connectivity index (χ0v) is 20.5. The van der Waals surface area contributed by atoms with Gasteiger partial charge in [0, 0.05) is 18.0 Å². The average Bonchev–Trinajstić information content (AvgIpc) is 2.89. The Morgan fingerprint density at radius 1 is 1.17 bits per heavy atom. The molecule has 3 rings (SSSR count). The summed E-state index contributed by atoms with van der Waals surface area (Å²) in [6.45, 7) is -0.379. The Hall–Kier alpha value is -2.57. The number of methoxy groups -OCH3 is 1. The molecule has 0 bridgehead atoms. The maximum absolute atomic E-state index is 12.7. The molecule has 0 spiro atoms. The van der Waals surface area contributed by atoms with E-state index >= 15 is 0 Å². The number of esters is 1. The largest absolute Gasteiger partial charge is 0.465 e. The van der Waals surface area contributed by atoms with Crippen LogP contribution in [0.1, 0.15) is 17.5 Å². The fourth-order valence-electron chi connectivity index (χ4n) is 3.90. The van der Waals surface area contributed by atoms with Gasteiger partial charge in [0.15, 0.2) is 0 Å². The van der Waals surface area contributed by atoms with Gasteiger partial charge in [-0.1, -0.05) is 54.1 Å². The predicted molar refractivity (Wildman–Crippen MR) is 130 cm³/mol. The summed E-state index contributed by atoms with van der Waals surface area (Å²) in [5.74, 6) is -3.39. The highest BCUT2D eigenvalue weighted by atomic mass is 35.5. The Kier molecular flexibility index (Phi) is 9.80. The van der Waals surface area contributed by atoms with E-state index in [-0.39, 0.29) is 26.0 Å². The third kappa shape index (κ3) is 7.01. The molecule has 36 heavy (non-hydrogen) atoms. The minimum absolute atomic E-state index is 0.0386. The van der Waals surface area contributed by atoms with Gasteiger partial charge in [-0.25, -0.2) is 4.79 Å². The second-order valence-corrected chi connectivity index (χ2v) is 9.05. The Morgan fingerprint density at radius 2 is 1.83 bits per heavy atom. The molecule has 0 saturated carbocycles. The average molecular weight is 523 g/mol. The molecule has 0 unspecified atom stereocenters. The molecule has 11 heteroatoms. The van der Waals surface area contributed by atoms with E-state index in [9.17, 15) is 24.9 Å². The zero-order valence-electron chi connectivity index (χ0n) is 19.7. The molecule has 196 valence electrons. The number of nitrogens with two attached hydrogens (primary N) is 1. The first-order valence-corrected chi connectivity index (χ1v) is 11.8. The number of carbonyl (C=O) groups excluding carboxylic acids is 2. The lowest BCUT2D eigenvalue weighted by molar-refractivity contribution is -0.313. The molecular formula is C25H31ClN2O8. The number of rotatable bonds is 10. The van der Waals surface area contributed by atoms with Crippen LogP contribution in [-0.4, -0.2) is 77.1 Å². The molecule has 0 aliphatic carbocycles. The van der Waals surface area contributed by atoms with Gasteiger partial charge in [-0.15, -0.1) is 0 Å². The lowest BCUT2D eigenvalue weighted by Gasteiger charge is -2.45. The van der Waals surface area contributed by atoms with E-state index in [1.807, 2.05) is 6.07 Å². The minimum Gasteiger partial charge on any atom is -0.465 e. The van der Waals surface area contributed by atoms with Crippen LogP contribution >= 0.6 is 11.6 Å². The molecule has 1 aliphatic heterocycles. The molecule has 1 amide bonds. The third-order valence-corrected chi connectivity index (χ3v) is 6.21. The third-order valence-electron chi connectivity index (χ3n) is 5.96. The number of halogens is 1. The summed E-state index contributed by atoms with van der Waals surface area (Å²) in [6, 6.07) is 14.5. The van der Waals surface area contributed by atoms with E-state index in [4.69, 9.17) is 31.5 Å². The molecule has 6 atom stereocenters. The van der Waals surface area contributed by atoms with E-state index in [2.05, 4.69) is 5.32 Å². The van der Waals surface area contributed by atoms with Crippen molar-refractivity contribution >= 4 is 23.5 Å². The summed E-state index contributed by atoms with van der Waals surface area (Å²) < 4.78 is 16.4. The monoisotopic (exact) mass is 522 g/mol. The maximum atomic E-state index is 12.7. The van der Waals surface area contributed by atoms with Crippen molar-refractivity contribution in [3.05, 3.63) is 70.7 Å². The molecule has 2 aromatic carbocycles. The van der Waals surface area contributed by atoms with E-state index in [0.717, 1.165) is 12.7 Å². The van der Waals surface area contributed by atoms with E-state index < -0.39 is 48.1 Å². The van der Waals surface area contributed by atoms with Crippen molar-refractivity contribution in [3.8, 4) is 0 Å². The van der Waals surface area contributed by atoms with Crippen molar-refractivity contribution in [2.75, 3.05) is 13.7 Å². The number of aliphatic hydroxyl groups is 3. The SMILES string of the molecule is COC(=O)[C@@]1(OCc2ccccc2)C[C@H](O)[C@@H](N)[C@H]([C@H](O)[C@H](O)CNC(=O)Cc2ccc(Cl)cc2)O1. The van der Waals surface area contributed by atoms with E-state index in [1.165, 1.54) is 0 Å². The van der Waals surface area contributed by atoms with Crippen LogP contribution in [0, 0.1) is 0 Å². The van der Waals surface area contributed by atoms with Crippen molar-refractivity contribution in [1.29, 1.82) is 0 Å². The topological polar surface area (TPSA) is 161 Å². The fourth-order valence-corrected chi connectivity index (χ4v) is 4.02. The summed E-state index contributed by atoms with van der Waals surface area (Å²) in [7, 11) is 1.14. The van der Waals surface area contributed by atoms with Crippen LogP contribution in [0.25, 0.3) is 0 Å². The second-order valence-electron chi connectivity index (χ2n) is 8.62. The Bertz CT molecular complexity index is 1010. The van der Waals surface area contributed by atoms with Crippen LogP contribution in [0.3, 0.4) is 0 Å². The molecule has 1 aliphatic rings. The molecular weight excluding hydrogens is 492 g/mol. The Morgan fingerprint density at radius 3 is 2.47 bits per heavy atom. The van der Waals surface area contributed by atoms with Crippen molar-refractivity contribution in [3.63, 3.8) is 0 Å². The zero-order chi connectivity index (χ0) is 26.3. The first-order valence-electron chi connectivity index (χ1n) is 11.4. The van der Waals surface area contributed by atoms with Crippen molar-refractivity contribution in [2.45, 2.75) is 55.7 Å². The molecule has 10 nitrogen and oxygen atoms in total. The highest BCUT2D eigenvalue weighted by molar-refractivity contribution is 6.30. The number of benzene rings is 2. The number of hydrogen-bond acceptors (Lipinski definition) is 9. The second kappa shape index (κ2) is 12.6. The number of aliphatic hydroxyl groups excluding tert-OH is 3. The van der Waals surface area contributed by atoms with Gasteiger partial charge in [-0.2, -0.15) is 0 Å². The standard InChI is InChI=1S/C25H31ClN2O8/c1-34-24(33)25(35-14-16-5-3-2-4-6-16)12-18(29)21(27)23(36-25)22(32)19(30)13-28-20(31)11-15-7-9-17(26)10-8-15/h2-10,18-19,21-23,29-30,32H,11-14,27H2,1H3,(H,28,31)/t18-,19+,21+,22+,23+,25+/m0/s1. The van der Waals surface area contributed by atoms with Gasteiger partial charge in [-0.3, -0.25) is 4.79 Å². The Balaban J connectivity index is 1.66. The van der Waals surface area contributed by atoms with Crippen molar-refractivity contribution < 1.29 is 39.1 Å². The lowest BCUT2D eigenvalue weighted by atomic mass is 9.89. The number of amides is 1. The van der Waals surface area contributed by atoms with Crippen LogP contribution in [0.5, 0.6) is 0 Å². The summed E-state index contributed by atoms with van der Waals surface area (Å²) in [4.78, 5) is 24.9. The van der Waals surface area contributed by atoms with Gasteiger partial charge in [0.05, 0.1) is 38.4 Å². The van der Waals surface area contributed by atoms with Crippen LogP contribution in [0.2, 0.25) is 5.02 Å². The van der Waals surface area contributed by atoms with Crippen LogP contribution < -0.4 is 11.1 Å². The molecule has 0 radical (unpaired) electrons. The van der Waals surface area contributed by atoms with Crippen LogP contribution in [-0.2, 0) is 36.8 Å².